The lowest BCUT2D eigenvalue weighted by Crippen LogP contribution is -2.18. The van der Waals surface area contributed by atoms with Crippen molar-refractivity contribution in [2.45, 2.75) is 20.0 Å². The fourth-order valence-electron chi connectivity index (χ4n) is 1.85. The van der Waals surface area contributed by atoms with Crippen molar-refractivity contribution in [2.24, 2.45) is 5.92 Å². The molecule has 0 fully saturated rings. The molecule has 0 unspecified atom stereocenters. The number of benzene rings is 1. The van der Waals surface area contributed by atoms with Crippen LogP contribution in [0.2, 0.25) is 0 Å². The zero-order valence-corrected chi connectivity index (χ0v) is 15.6. The average molecular weight is 451 g/mol. The summed E-state index contributed by atoms with van der Waals surface area (Å²) in [7, 11) is 1.69. The summed E-state index contributed by atoms with van der Waals surface area (Å²) < 4.78 is 45.6. The van der Waals surface area contributed by atoms with Crippen LogP contribution in [0.1, 0.15) is 19.4 Å². The number of hydrogen-bond acceptors (Lipinski definition) is 4. The van der Waals surface area contributed by atoms with Crippen LogP contribution < -0.4 is 9.64 Å². The van der Waals surface area contributed by atoms with Crippen molar-refractivity contribution in [2.75, 3.05) is 18.6 Å². The molecule has 0 aliphatic rings. The molecule has 4 nitrogen and oxygen atoms in total. The maximum absolute atomic E-state index is 13.1. The number of aromatic nitrogens is 2. The van der Waals surface area contributed by atoms with E-state index in [0.717, 1.165) is 15.5 Å². The van der Waals surface area contributed by atoms with Gasteiger partial charge in [0.2, 0.25) is 11.8 Å². The van der Waals surface area contributed by atoms with Gasteiger partial charge in [-0.2, -0.15) is 18.2 Å². The SMILES string of the molecule is CC(C)COc1nc(N(C)c2ccc(I)cc2)ncc1C(F)(F)F. The number of halogens is 4. The van der Waals surface area contributed by atoms with Gasteiger partial charge >= 0.3 is 6.18 Å². The van der Waals surface area contributed by atoms with Crippen LogP contribution in [0.15, 0.2) is 30.5 Å². The first-order chi connectivity index (χ1) is 11.2. The molecule has 2 aromatic rings. The molecule has 130 valence electrons. The van der Waals surface area contributed by atoms with Gasteiger partial charge in [0.15, 0.2) is 0 Å². The van der Waals surface area contributed by atoms with Gasteiger partial charge in [-0.15, -0.1) is 0 Å². The minimum Gasteiger partial charge on any atom is -0.477 e. The highest BCUT2D eigenvalue weighted by Gasteiger charge is 2.36. The van der Waals surface area contributed by atoms with Crippen LogP contribution in [0.4, 0.5) is 24.8 Å². The summed E-state index contributed by atoms with van der Waals surface area (Å²) in [6.07, 6.45) is -3.80. The smallest absolute Gasteiger partial charge is 0.423 e. The largest absolute Gasteiger partial charge is 0.477 e. The molecule has 0 amide bonds. The molecule has 1 heterocycles. The van der Waals surface area contributed by atoms with Crippen LogP contribution in [0.25, 0.3) is 0 Å². The molecule has 1 aromatic heterocycles. The Morgan fingerprint density at radius 2 is 1.83 bits per heavy atom. The van der Waals surface area contributed by atoms with Crippen molar-refractivity contribution >= 4 is 34.2 Å². The van der Waals surface area contributed by atoms with Gasteiger partial charge in [0.1, 0.15) is 5.56 Å². The summed E-state index contributed by atoms with van der Waals surface area (Å²) in [4.78, 5) is 9.43. The molecule has 0 atom stereocenters. The fraction of sp³-hybridized carbons (Fsp3) is 0.375. The number of anilines is 2. The van der Waals surface area contributed by atoms with Gasteiger partial charge in [0, 0.05) is 22.5 Å². The Balaban J connectivity index is 2.37. The van der Waals surface area contributed by atoms with Gasteiger partial charge in [-0.1, -0.05) is 13.8 Å². The lowest BCUT2D eigenvalue weighted by Gasteiger charge is -2.20. The summed E-state index contributed by atoms with van der Waals surface area (Å²) in [6, 6.07) is 7.48. The highest BCUT2D eigenvalue weighted by Crippen LogP contribution is 2.36. The lowest BCUT2D eigenvalue weighted by molar-refractivity contribution is -0.139. The minimum absolute atomic E-state index is 0.0819. The monoisotopic (exact) mass is 451 g/mol. The van der Waals surface area contributed by atoms with E-state index < -0.39 is 17.6 Å². The maximum Gasteiger partial charge on any atom is 0.423 e. The van der Waals surface area contributed by atoms with Crippen LogP contribution in [0.3, 0.4) is 0 Å². The number of nitrogens with zero attached hydrogens (tertiary/aromatic N) is 3. The Hall–Kier alpha value is -1.58. The molecule has 24 heavy (non-hydrogen) atoms. The first-order valence-corrected chi connectivity index (χ1v) is 8.32. The highest BCUT2D eigenvalue weighted by atomic mass is 127. The Morgan fingerprint density at radius 3 is 2.38 bits per heavy atom. The van der Waals surface area contributed by atoms with Crippen LogP contribution >= 0.6 is 22.6 Å². The molecule has 0 spiro atoms. The third-order valence-electron chi connectivity index (χ3n) is 3.11. The normalized spacial score (nSPS) is 11.7. The van der Waals surface area contributed by atoms with Crippen molar-refractivity contribution < 1.29 is 17.9 Å². The van der Waals surface area contributed by atoms with Crippen molar-refractivity contribution in [3.05, 3.63) is 39.6 Å². The van der Waals surface area contributed by atoms with E-state index in [2.05, 4.69) is 32.6 Å². The molecule has 0 saturated heterocycles. The van der Waals surface area contributed by atoms with Crippen molar-refractivity contribution in [3.8, 4) is 5.88 Å². The van der Waals surface area contributed by atoms with E-state index in [9.17, 15) is 13.2 Å². The van der Waals surface area contributed by atoms with Crippen molar-refractivity contribution in [1.29, 1.82) is 0 Å². The number of hydrogen-bond donors (Lipinski definition) is 0. The molecule has 0 N–H and O–H groups in total. The predicted octanol–water partition coefficient (Wildman–Crippen LogP) is 4.90. The van der Waals surface area contributed by atoms with Crippen LogP contribution in [-0.4, -0.2) is 23.6 Å². The van der Waals surface area contributed by atoms with Gasteiger partial charge in [0.25, 0.3) is 0 Å². The molecular formula is C16H17F3IN3O. The van der Waals surface area contributed by atoms with Gasteiger partial charge in [-0.3, -0.25) is 0 Å². The first-order valence-electron chi connectivity index (χ1n) is 7.25. The van der Waals surface area contributed by atoms with E-state index in [1.165, 1.54) is 0 Å². The van der Waals surface area contributed by atoms with Crippen molar-refractivity contribution in [1.82, 2.24) is 9.97 Å². The number of rotatable bonds is 5. The van der Waals surface area contributed by atoms with E-state index in [1.54, 1.807) is 11.9 Å². The van der Waals surface area contributed by atoms with E-state index in [-0.39, 0.29) is 18.5 Å². The first kappa shape index (κ1) is 18.8. The van der Waals surface area contributed by atoms with Crippen LogP contribution in [0, 0.1) is 9.49 Å². The number of alkyl halides is 3. The molecule has 0 aliphatic heterocycles. The molecule has 0 aliphatic carbocycles. The molecule has 0 saturated carbocycles. The van der Waals surface area contributed by atoms with E-state index in [0.29, 0.717) is 0 Å². The molecule has 1 aromatic carbocycles. The standard InChI is InChI=1S/C16H17F3IN3O/c1-10(2)9-24-14-13(16(17,18)19)8-21-15(22-14)23(3)12-6-4-11(20)5-7-12/h4-8,10H,9H2,1-3H3. The molecular weight excluding hydrogens is 434 g/mol. The summed E-state index contributed by atoms with van der Waals surface area (Å²) >= 11 is 2.18. The second-order valence-electron chi connectivity index (χ2n) is 5.63. The van der Waals surface area contributed by atoms with Gasteiger partial charge in [0.05, 0.1) is 6.61 Å². The molecule has 0 radical (unpaired) electrons. The predicted molar refractivity (Wildman–Crippen MR) is 94.6 cm³/mol. The van der Waals surface area contributed by atoms with Crippen LogP contribution in [-0.2, 0) is 6.18 Å². The average Bonchev–Trinajstić information content (AvgIpc) is 2.51. The zero-order chi connectivity index (χ0) is 17.9. The number of ether oxygens (including phenoxy) is 1. The third-order valence-corrected chi connectivity index (χ3v) is 3.83. The van der Waals surface area contributed by atoms with E-state index in [1.807, 2.05) is 38.1 Å². The Kier molecular flexibility index (Phi) is 5.89. The van der Waals surface area contributed by atoms with E-state index in [4.69, 9.17) is 4.74 Å². The van der Waals surface area contributed by atoms with Gasteiger partial charge < -0.3 is 9.64 Å². The second-order valence-corrected chi connectivity index (χ2v) is 6.87. The van der Waals surface area contributed by atoms with E-state index >= 15 is 0 Å². The zero-order valence-electron chi connectivity index (χ0n) is 13.4. The molecule has 8 heteroatoms. The summed E-state index contributed by atoms with van der Waals surface area (Å²) in [5.41, 5.74) is -0.201. The maximum atomic E-state index is 13.1. The fourth-order valence-corrected chi connectivity index (χ4v) is 2.21. The summed E-state index contributed by atoms with van der Waals surface area (Å²) in [5, 5.41) is 0. The molecule has 0 bridgehead atoms. The minimum atomic E-state index is -4.56. The summed E-state index contributed by atoms with van der Waals surface area (Å²) in [6.45, 7) is 3.85. The van der Waals surface area contributed by atoms with Gasteiger partial charge in [-0.05, 0) is 52.8 Å². The topological polar surface area (TPSA) is 38.2 Å². The lowest BCUT2D eigenvalue weighted by atomic mass is 10.2. The van der Waals surface area contributed by atoms with Crippen LogP contribution in [0.5, 0.6) is 5.88 Å². The summed E-state index contributed by atoms with van der Waals surface area (Å²) in [5.74, 6) is -0.222. The Labute approximate surface area is 152 Å². The van der Waals surface area contributed by atoms with Crippen molar-refractivity contribution in [3.63, 3.8) is 0 Å². The second kappa shape index (κ2) is 7.54. The Bertz CT molecular complexity index is 690. The van der Waals surface area contributed by atoms with Gasteiger partial charge in [-0.25, -0.2) is 4.98 Å². The quantitative estimate of drug-likeness (QED) is 0.607. The molecule has 2 rings (SSSR count). The third kappa shape index (κ3) is 4.71. The Morgan fingerprint density at radius 1 is 1.21 bits per heavy atom. The highest BCUT2D eigenvalue weighted by molar-refractivity contribution is 14.1.